The highest BCUT2D eigenvalue weighted by Crippen LogP contribution is 2.17. The fourth-order valence-corrected chi connectivity index (χ4v) is 2.20. The van der Waals surface area contributed by atoms with E-state index in [1.165, 1.54) is 0 Å². The van der Waals surface area contributed by atoms with Gasteiger partial charge >= 0.3 is 0 Å². The van der Waals surface area contributed by atoms with Crippen LogP contribution in [-0.4, -0.2) is 23.5 Å². The van der Waals surface area contributed by atoms with Gasteiger partial charge in [0.05, 0.1) is 6.04 Å². The Balaban J connectivity index is 2.10. The summed E-state index contributed by atoms with van der Waals surface area (Å²) in [6, 6.07) is 6.00. The summed E-state index contributed by atoms with van der Waals surface area (Å²) in [4.78, 5) is 11.5. The van der Waals surface area contributed by atoms with Crippen molar-refractivity contribution < 1.29 is 4.79 Å². The number of carbonyl (C=O) groups excluding carboxylic acids is 1. The molecule has 5 heteroatoms. The summed E-state index contributed by atoms with van der Waals surface area (Å²) < 4.78 is 0. The summed E-state index contributed by atoms with van der Waals surface area (Å²) in [5.74, 6) is 0.0963. The molecule has 1 fully saturated rings. The SMILES string of the molecule is Cc1cc(NC2CNC(=O)C2)ccc1C(N)=S. The van der Waals surface area contributed by atoms with Gasteiger partial charge < -0.3 is 16.4 Å². The second-order valence-corrected chi connectivity index (χ2v) is 4.68. The van der Waals surface area contributed by atoms with Crippen LogP contribution in [0.15, 0.2) is 18.2 Å². The van der Waals surface area contributed by atoms with Crippen molar-refractivity contribution in [2.45, 2.75) is 19.4 Å². The van der Waals surface area contributed by atoms with Crippen LogP contribution in [-0.2, 0) is 4.79 Å². The average Bonchev–Trinajstić information content (AvgIpc) is 2.63. The Labute approximate surface area is 106 Å². The maximum Gasteiger partial charge on any atom is 0.222 e. The van der Waals surface area contributed by atoms with Gasteiger partial charge in [-0.2, -0.15) is 0 Å². The lowest BCUT2D eigenvalue weighted by Crippen LogP contribution is -2.22. The van der Waals surface area contributed by atoms with Crippen molar-refractivity contribution in [1.82, 2.24) is 5.32 Å². The van der Waals surface area contributed by atoms with Crippen molar-refractivity contribution >= 4 is 28.8 Å². The Morgan fingerprint density at radius 3 is 2.88 bits per heavy atom. The Bertz CT molecular complexity index is 473. The topological polar surface area (TPSA) is 67.1 Å². The van der Waals surface area contributed by atoms with Crippen LogP contribution >= 0.6 is 12.2 Å². The molecule has 1 atom stereocenters. The smallest absolute Gasteiger partial charge is 0.222 e. The van der Waals surface area contributed by atoms with Crippen LogP contribution in [0.25, 0.3) is 0 Å². The minimum absolute atomic E-state index is 0.0963. The fourth-order valence-electron chi connectivity index (χ4n) is 1.97. The highest BCUT2D eigenvalue weighted by atomic mass is 32.1. The number of nitrogens with two attached hydrogens (primary N) is 1. The number of benzene rings is 1. The Morgan fingerprint density at radius 2 is 2.35 bits per heavy atom. The molecular weight excluding hydrogens is 234 g/mol. The Morgan fingerprint density at radius 1 is 1.59 bits per heavy atom. The van der Waals surface area contributed by atoms with Crippen LogP contribution in [0.2, 0.25) is 0 Å². The van der Waals surface area contributed by atoms with Gasteiger partial charge in [-0.1, -0.05) is 12.2 Å². The minimum atomic E-state index is 0.0963. The molecule has 2 rings (SSSR count). The second kappa shape index (κ2) is 4.71. The maximum absolute atomic E-state index is 11.1. The van der Waals surface area contributed by atoms with Gasteiger partial charge in [0.15, 0.2) is 0 Å². The molecule has 4 N–H and O–H groups in total. The van der Waals surface area contributed by atoms with E-state index in [-0.39, 0.29) is 11.9 Å². The van der Waals surface area contributed by atoms with Crippen LogP contribution in [0.4, 0.5) is 5.69 Å². The van der Waals surface area contributed by atoms with Gasteiger partial charge in [-0.15, -0.1) is 0 Å². The molecule has 0 saturated carbocycles. The number of rotatable bonds is 3. The van der Waals surface area contributed by atoms with Gasteiger partial charge in [0.2, 0.25) is 5.91 Å². The Hall–Kier alpha value is -1.62. The van der Waals surface area contributed by atoms with Crippen LogP contribution in [0.3, 0.4) is 0 Å². The number of thiocarbonyl (C=S) groups is 1. The first-order chi connectivity index (χ1) is 8.06. The van der Waals surface area contributed by atoms with E-state index in [1.807, 2.05) is 25.1 Å². The first kappa shape index (κ1) is 11.9. The minimum Gasteiger partial charge on any atom is -0.389 e. The molecule has 1 heterocycles. The fraction of sp³-hybridized carbons (Fsp3) is 0.333. The van der Waals surface area contributed by atoms with E-state index in [0.717, 1.165) is 16.8 Å². The van der Waals surface area contributed by atoms with Crippen molar-refractivity contribution in [1.29, 1.82) is 0 Å². The predicted octanol–water partition coefficient (Wildman–Crippen LogP) is 0.930. The largest absolute Gasteiger partial charge is 0.389 e. The molecule has 1 amide bonds. The number of anilines is 1. The normalized spacial score (nSPS) is 18.9. The number of aryl methyl sites for hydroxylation is 1. The van der Waals surface area contributed by atoms with E-state index in [9.17, 15) is 4.79 Å². The van der Waals surface area contributed by atoms with Crippen molar-refractivity contribution in [2.75, 3.05) is 11.9 Å². The molecule has 1 unspecified atom stereocenters. The van der Waals surface area contributed by atoms with E-state index >= 15 is 0 Å². The molecule has 1 aromatic rings. The summed E-state index contributed by atoms with van der Waals surface area (Å²) in [5, 5.41) is 6.10. The predicted molar refractivity (Wildman–Crippen MR) is 72.1 cm³/mol. The van der Waals surface area contributed by atoms with Gasteiger partial charge in [-0.25, -0.2) is 0 Å². The quantitative estimate of drug-likeness (QED) is 0.697. The first-order valence-electron chi connectivity index (χ1n) is 5.50. The lowest BCUT2D eigenvalue weighted by molar-refractivity contribution is -0.119. The molecule has 1 aromatic carbocycles. The maximum atomic E-state index is 11.1. The number of hydrogen-bond donors (Lipinski definition) is 3. The molecule has 0 spiro atoms. The van der Waals surface area contributed by atoms with Crippen LogP contribution in [0.5, 0.6) is 0 Å². The van der Waals surface area contributed by atoms with E-state index in [0.29, 0.717) is 18.0 Å². The van der Waals surface area contributed by atoms with E-state index in [1.54, 1.807) is 0 Å². The molecule has 0 radical (unpaired) electrons. The zero-order valence-corrected chi connectivity index (χ0v) is 10.4. The molecule has 1 aliphatic heterocycles. The summed E-state index contributed by atoms with van der Waals surface area (Å²) in [5.41, 5.74) is 8.53. The van der Waals surface area contributed by atoms with E-state index < -0.39 is 0 Å². The molecule has 1 saturated heterocycles. The lowest BCUT2D eigenvalue weighted by Gasteiger charge is -2.13. The first-order valence-corrected chi connectivity index (χ1v) is 5.91. The third kappa shape index (κ3) is 2.74. The monoisotopic (exact) mass is 249 g/mol. The number of nitrogens with one attached hydrogen (secondary N) is 2. The Kier molecular flexibility index (Phi) is 3.28. The van der Waals surface area contributed by atoms with Crippen molar-refractivity contribution in [3.63, 3.8) is 0 Å². The summed E-state index contributed by atoms with van der Waals surface area (Å²) in [7, 11) is 0. The summed E-state index contributed by atoms with van der Waals surface area (Å²) >= 11 is 4.95. The number of amides is 1. The lowest BCUT2D eigenvalue weighted by atomic mass is 10.1. The number of carbonyl (C=O) groups is 1. The van der Waals surface area contributed by atoms with Crippen molar-refractivity contribution in [3.8, 4) is 0 Å². The molecule has 0 bridgehead atoms. The molecule has 0 aliphatic carbocycles. The van der Waals surface area contributed by atoms with E-state index in [4.69, 9.17) is 18.0 Å². The van der Waals surface area contributed by atoms with Crippen LogP contribution < -0.4 is 16.4 Å². The second-order valence-electron chi connectivity index (χ2n) is 4.24. The molecule has 17 heavy (non-hydrogen) atoms. The standard InChI is InChI=1S/C12H15N3OS/c1-7-4-8(2-3-10(7)12(13)17)15-9-5-11(16)14-6-9/h2-4,9,15H,5-6H2,1H3,(H2,13,17)(H,14,16). The molecule has 1 aliphatic rings. The molecule has 90 valence electrons. The van der Waals surface area contributed by atoms with Gasteiger partial charge in [0, 0.05) is 24.2 Å². The van der Waals surface area contributed by atoms with Gasteiger partial charge in [0.25, 0.3) is 0 Å². The molecule has 4 nitrogen and oxygen atoms in total. The van der Waals surface area contributed by atoms with E-state index in [2.05, 4.69) is 10.6 Å². The highest BCUT2D eigenvalue weighted by molar-refractivity contribution is 7.80. The average molecular weight is 249 g/mol. The highest BCUT2D eigenvalue weighted by Gasteiger charge is 2.20. The van der Waals surface area contributed by atoms with Crippen LogP contribution in [0, 0.1) is 6.92 Å². The zero-order valence-electron chi connectivity index (χ0n) is 9.62. The van der Waals surface area contributed by atoms with Crippen molar-refractivity contribution in [2.24, 2.45) is 5.73 Å². The van der Waals surface area contributed by atoms with Gasteiger partial charge in [-0.3, -0.25) is 4.79 Å². The van der Waals surface area contributed by atoms with Crippen LogP contribution in [0.1, 0.15) is 17.5 Å². The number of hydrogen-bond acceptors (Lipinski definition) is 3. The van der Waals surface area contributed by atoms with Gasteiger partial charge in [0.1, 0.15) is 4.99 Å². The van der Waals surface area contributed by atoms with Crippen molar-refractivity contribution in [3.05, 3.63) is 29.3 Å². The molecular formula is C12H15N3OS. The van der Waals surface area contributed by atoms with Gasteiger partial charge in [-0.05, 0) is 30.7 Å². The summed E-state index contributed by atoms with van der Waals surface area (Å²) in [6.07, 6.45) is 0.524. The third-order valence-corrected chi connectivity index (χ3v) is 3.06. The summed E-state index contributed by atoms with van der Waals surface area (Å²) in [6.45, 7) is 2.65. The third-order valence-electron chi connectivity index (χ3n) is 2.84. The molecule has 0 aromatic heterocycles. The zero-order chi connectivity index (χ0) is 12.4.